The maximum absolute atomic E-state index is 3.68. The van der Waals surface area contributed by atoms with Crippen molar-refractivity contribution < 1.29 is 0 Å². The van der Waals surface area contributed by atoms with Crippen LogP contribution in [0, 0.1) is 0 Å². The number of hydrogen-bond donors (Lipinski definition) is 1. The first-order valence-corrected chi connectivity index (χ1v) is 9.23. The molecule has 1 N–H and O–H groups in total. The predicted molar refractivity (Wildman–Crippen MR) is 91.8 cm³/mol. The molecule has 0 amide bonds. The van der Waals surface area contributed by atoms with Crippen molar-refractivity contribution in [1.82, 2.24) is 0 Å². The van der Waals surface area contributed by atoms with Crippen LogP contribution in [0.4, 0.5) is 5.69 Å². The monoisotopic (exact) mass is 291 g/mol. The van der Waals surface area contributed by atoms with Crippen LogP contribution >= 0.6 is 11.8 Å². The summed E-state index contributed by atoms with van der Waals surface area (Å²) < 4.78 is 0. The Morgan fingerprint density at radius 2 is 1.85 bits per heavy atom. The van der Waals surface area contributed by atoms with Crippen molar-refractivity contribution in [2.75, 3.05) is 5.32 Å². The quantitative estimate of drug-likeness (QED) is 0.621. The molecule has 1 saturated carbocycles. The summed E-state index contributed by atoms with van der Waals surface area (Å²) in [5.74, 6) is 0. The molecule has 112 valence electrons. The summed E-state index contributed by atoms with van der Waals surface area (Å²) in [7, 11) is 0. The van der Waals surface area contributed by atoms with Crippen LogP contribution in [0.25, 0.3) is 0 Å². The van der Waals surface area contributed by atoms with E-state index in [9.17, 15) is 0 Å². The van der Waals surface area contributed by atoms with Crippen LogP contribution in [0.15, 0.2) is 29.2 Å². The number of thioether (sulfide) groups is 1. The topological polar surface area (TPSA) is 12.0 Å². The summed E-state index contributed by atoms with van der Waals surface area (Å²) in [6, 6.07) is 9.72. The fourth-order valence-corrected chi connectivity index (χ4v) is 4.14. The van der Waals surface area contributed by atoms with Gasteiger partial charge in [-0.15, -0.1) is 11.8 Å². The first kappa shape index (κ1) is 15.8. The van der Waals surface area contributed by atoms with Gasteiger partial charge in [0.15, 0.2) is 0 Å². The van der Waals surface area contributed by atoms with E-state index in [0.717, 1.165) is 5.25 Å². The molecule has 0 heterocycles. The molecular weight excluding hydrogens is 262 g/mol. The molecule has 1 unspecified atom stereocenters. The second-order valence-corrected chi connectivity index (χ2v) is 7.31. The van der Waals surface area contributed by atoms with Gasteiger partial charge in [0.2, 0.25) is 0 Å². The van der Waals surface area contributed by atoms with Gasteiger partial charge in [0.25, 0.3) is 0 Å². The average Bonchev–Trinajstić information content (AvgIpc) is 2.98. The lowest BCUT2D eigenvalue weighted by Gasteiger charge is -2.18. The lowest BCUT2D eigenvalue weighted by molar-refractivity contribution is 0.593. The minimum atomic E-state index is 0.628. The minimum Gasteiger partial charge on any atom is -0.382 e. The van der Waals surface area contributed by atoms with E-state index in [1.165, 1.54) is 61.9 Å². The Morgan fingerprint density at radius 3 is 2.45 bits per heavy atom. The maximum Gasteiger partial charge on any atom is 0.0343 e. The van der Waals surface area contributed by atoms with Crippen molar-refractivity contribution in [3.63, 3.8) is 0 Å². The normalized spacial score (nSPS) is 17.3. The number of hydrogen-bond acceptors (Lipinski definition) is 2. The van der Waals surface area contributed by atoms with Crippen LogP contribution in [0.3, 0.4) is 0 Å². The van der Waals surface area contributed by atoms with Gasteiger partial charge in [-0.05, 0) is 49.9 Å². The van der Waals surface area contributed by atoms with E-state index in [1.807, 2.05) is 0 Å². The molecule has 0 spiro atoms. The summed E-state index contributed by atoms with van der Waals surface area (Å²) in [6.07, 6.45) is 10.7. The number of unbranched alkanes of at least 4 members (excludes halogenated alkanes) is 1. The van der Waals surface area contributed by atoms with Gasteiger partial charge >= 0.3 is 0 Å². The molecule has 0 radical (unpaired) electrons. The first-order chi connectivity index (χ1) is 9.81. The third-order valence-electron chi connectivity index (χ3n) is 4.23. The van der Waals surface area contributed by atoms with Crippen LogP contribution in [-0.2, 0) is 0 Å². The maximum atomic E-state index is 3.68. The minimum absolute atomic E-state index is 0.628. The Balaban J connectivity index is 1.83. The second-order valence-electron chi connectivity index (χ2n) is 5.94. The lowest BCUT2D eigenvalue weighted by atomic mass is 10.1. The highest BCUT2D eigenvalue weighted by Gasteiger charge is 2.15. The molecule has 0 aliphatic heterocycles. The summed E-state index contributed by atoms with van der Waals surface area (Å²) in [4.78, 5) is 1.43. The molecule has 0 saturated heterocycles. The standard InChI is InChI=1S/C18H29NS/c1-3-5-8-15(4-2)19-16-11-13-18(14-12-16)20-17-9-6-7-10-17/h11-15,17,19H,3-10H2,1-2H3. The summed E-state index contributed by atoms with van der Waals surface area (Å²) in [6.45, 7) is 4.54. The summed E-state index contributed by atoms with van der Waals surface area (Å²) in [5.41, 5.74) is 1.28. The summed E-state index contributed by atoms with van der Waals surface area (Å²) in [5, 5.41) is 4.54. The van der Waals surface area contributed by atoms with E-state index < -0.39 is 0 Å². The Morgan fingerprint density at radius 1 is 1.15 bits per heavy atom. The molecule has 1 aliphatic carbocycles. The van der Waals surface area contributed by atoms with E-state index in [-0.39, 0.29) is 0 Å². The molecule has 1 aromatic rings. The zero-order valence-electron chi connectivity index (χ0n) is 13.0. The molecule has 1 fully saturated rings. The number of rotatable bonds is 8. The molecule has 1 aromatic carbocycles. The van der Waals surface area contributed by atoms with Crippen LogP contribution in [-0.4, -0.2) is 11.3 Å². The van der Waals surface area contributed by atoms with Gasteiger partial charge in [-0.2, -0.15) is 0 Å². The average molecular weight is 292 g/mol. The van der Waals surface area contributed by atoms with Gasteiger partial charge in [-0.25, -0.2) is 0 Å². The lowest BCUT2D eigenvalue weighted by Crippen LogP contribution is -2.18. The zero-order valence-corrected chi connectivity index (χ0v) is 13.8. The highest BCUT2D eigenvalue weighted by molar-refractivity contribution is 8.00. The highest BCUT2D eigenvalue weighted by atomic mass is 32.2. The molecule has 2 heteroatoms. The second kappa shape index (κ2) is 8.61. The van der Waals surface area contributed by atoms with Crippen LogP contribution in [0.2, 0.25) is 0 Å². The van der Waals surface area contributed by atoms with Gasteiger partial charge in [-0.3, -0.25) is 0 Å². The smallest absolute Gasteiger partial charge is 0.0343 e. The van der Waals surface area contributed by atoms with E-state index in [4.69, 9.17) is 0 Å². The Kier molecular flexibility index (Phi) is 6.78. The van der Waals surface area contributed by atoms with Crippen molar-refractivity contribution in [2.24, 2.45) is 0 Å². The van der Waals surface area contributed by atoms with Gasteiger partial charge < -0.3 is 5.32 Å². The Labute approximate surface area is 128 Å². The van der Waals surface area contributed by atoms with Crippen LogP contribution < -0.4 is 5.32 Å². The van der Waals surface area contributed by atoms with Crippen molar-refractivity contribution in [2.45, 2.75) is 81.4 Å². The molecule has 2 rings (SSSR count). The summed E-state index contributed by atoms with van der Waals surface area (Å²) >= 11 is 2.07. The van der Waals surface area contributed by atoms with Crippen molar-refractivity contribution >= 4 is 17.4 Å². The number of anilines is 1. The third-order valence-corrected chi connectivity index (χ3v) is 5.58. The van der Waals surface area contributed by atoms with Crippen molar-refractivity contribution in [1.29, 1.82) is 0 Å². The van der Waals surface area contributed by atoms with Crippen LogP contribution in [0.1, 0.15) is 65.2 Å². The fourth-order valence-electron chi connectivity index (χ4n) is 2.89. The first-order valence-electron chi connectivity index (χ1n) is 8.35. The van der Waals surface area contributed by atoms with Crippen molar-refractivity contribution in [3.05, 3.63) is 24.3 Å². The fraction of sp³-hybridized carbons (Fsp3) is 0.667. The van der Waals surface area contributed by atoms with Gasteiger partial charge in [-0.1, -0.05) is 39.5 Å². The highest BCUT2D eigenvalue weighted by Crippen LogP contribution is 2.35. The molecule has 0 bridgehead atoms. The van der Waals surface area contributed by atoms with E-state index in [1.54, 1.807) is 0 Å². The SMILES string of the molecule is CCCCC(CC)Nc1ccc(SC2CCCC2)cc1. The largest absolute Gasteiger partial charge is 0.382 e. The van der Waals surface area contributed by atoms with E-state index in [0.29, 0.717) is 6.04 Å². The van der Waals surface area contributed by atoms with Gasteiger partial charge in [0.1, 0.15) is 0 Å². The molecule has 20 heavy (non-hydrogen) atoms. The van der Waals surface area contributed by atoms with Crippen LogP contribution in [0.5, 0.6) is 0 Å². The molecule has 1 aliphatic rings. The molecular formula is C18H29NS. The van der Waals surface area contributed by atoms with Crippen molar-refractivity contribution in [3.8, 4) is 0 Å². The zero-order chi connectivity index (χ0) is 14.2. The van der Waals surface area contributed by atoms with E-state index >= 15 is 0 Å². The van der Waals surface area contributed by atoms with E-state index in [2.05, 4.69) is 55.2 Å². The Bertz CT molecular complexity index is 368. The Hall–Kier alpha value is -0.630. The number of nitrogens with one attached hydrogen (secondary N) is 1. The number of benzene rings is 1. The molecule has 0 aromatic heterocycles. The van der Waals surface area contributed by atoms with Gasteiger partial charge in [0, 0.05) is 21.9 Å². The van der Waals surface area contributed by atoms with Gasteiger partial charge in [0.05, 0.1) is 0 Å². The predicted octanol–water partition coefficient (Wildman–Crippen LogP) is 6.10. The molecule has 1 nitrogen and oxygen atoms in total. The third kappa shape index (κ3) is 5.05. The molecule has 1 atom stereocenters.